The van der Waals surface area contributed by atoms with Gasteiger partial charge in [0, 0.05) is 11.3 Å². The molecule has 0 aliphatic carbocycles. The molecule has 0 bridgehead atoms. The van der Waals surface area contributed by atoms with Gasteiger partial charge >= 0.3 is 0 Å². The van der Waals surface area contributed by atoms with Crippen molar-refractivity contribution >= 4 is 17.2 Å². The molecule has 1 aliphatic heterocycles. The van der Waals surface area contributed by atoms with E-state index in [-0.39, 0.29) is 11.9 Å². The fraction of sp³-hybridized carbons (Fsp3) is 0.545. The third-order valence-electron chi connectivity index (χ3n) is 2.76. The predicted octanol–water partition coefficient (Wildman–Crippen LogP) is 1.92. The molecule has 2 N–H and O–H groups in total. The van der Waals surface area contributed by atoms with E-state index in [1.165, 1.54) is 11.3 Å². The molecule has 2 heterocycles. The van der Waals surface area contributed by atoms with Crippen molar-refractivity contribution in [2.75, 3.05) is 6.54 Å². The van der Waals surface area contributed by atoms with Crippen molar-refractivity contribution < 1.29 is 13.6 Å². The minimum atomic E-state index is -2.77. The van der Waals surface area contributed by atoms with Crippen LogP contribution in [0.15, 0.2) is 17.5 Å². The van der Waals surface area contributed by atoms with Gasteiger partial charge in [0.15, 0.2) is 0 Å². The van der Waals surface area contributed by atoms with Crippen molar-refractivity contribution in [3.05, 3.63) is 22.4 Å². The number of hydrogen-bond donors (Lipinski definition) is 2. The molecule has 2 atom stereocenters. The summed E-state index contributed by atoms with van der Waals surface area (Å²) in [6.45, 7) is 1.43. The van der Waals surface area contributed by atoms with Crippen LogP contribution < -0.4 is 10.6 Å². The van der Waals surface area contributed by atoms with Gasteiger partial charge in [-0.2, -0.15) is 0 Å². The number of alkyl halides is 2. The highest BCUT2D eigenvalue weighted by atomic mass is 32.1. The normalized spacial score (nSPS) is 24.5. The van der Waals surface area contributed by atoms with E-state index in [9.17, 15) is 13.6 Å². The Labute approximate surface area is 102 Å². The average Bonchev–Trinajstić information content (AvgIpc) is 2.86. The van der Waals surface area contributed by atoms with Crippen LogP contribution in [0.5, 0.6) is 0 Å². The van der Waals surface area contributed by atoms with Crippen LogP contribution in [0.4, 0.5) is 8.78 Å². The molecule has 6 heteroatoms. The van der Waals surface area contributed by atoms with Crippen LogP contribution in [0, 0.1) is 0 Å². The maximum atomic E-state index is 12.9. The number of carbonyl (C=O) groups excluding carboxylic acids is 1. The zero-order valence-corrected chi connectivity index (χ0v) is 10.2. The molecule has 1 fully saturated rings. The summed E-state index contributed by atoms with van der Waals surface area (Å²) in [5.41, 5.74) is 0. The highest BCUT2D eigenvalue weighted by Crippen LogP contribution is 2.26. The number of nitrogens with one attached hydrogen (secondary N) is 2. The lowest BCUT2D eigenvalue weighted by molar-refractivity contribution is -0.124. The molecule has 17 heavy (non-hydrogen) atoms. The lowest BCUT2D eigenvalue weighted by atomic mass is 10.1. The number of amides is 1. The first kappa shape index (κ1) is 12.4. The predicted molar refractivity (Wildman–Crippen MR) is 62.2 cm³/mol. The van der Waals surface area contributed by atoms with E-state index in [1.807, 2.05) is 24.4 Å². The van der Waals surface area contributed by atoms with Gasteiger partial charge in [-0.1, -0.05) is 6.07 Å². The Hall–Kier alpha value is -1.01. The Morgan fingerprint density at radius 3 is 3.00 bits per heavy atom. The molecular formula is C11H14F2N2OS. The maximum absolute atomic E-state index is 12.9. The Kier molecular flexibility index (Phi) is 3.44. The molecule has 94 valence electrons. The zero-order chi connectivity index (χ0) is 12.5. The summed E-state index contributed by atoms with van der Waals surface area (Å²) >= 11 is 1.53. The second-order valence-electron chi connectivity index (χ2n) is 4.24. The summed E-state index contributed by atoms with van der Waals surface area (Å²) in [6.07, 6.45) is -0.421. The molecular weight excluding hydrogens is 246 g/mol. The highest BCUT2D eigenvalue weighted by Gasteiger charge is 2.42. The molecule has 1 aromatic heterocycles. The molecule has 3 nitrogen and oxygen atoms in total. The van der Waals surface area contributed by atoms with E-state index in [1.54, 1.807) is 0 Å². The molecule has 1 saturated heterocycles. The van der Waals surface area contributed by atoms with E-state index in [2.05, 4.69) is 10.6 Å². The minimum absolute atomic E-state index is 0.140. The van der Waals surface area contributed by atoms with Gasteiger partial charge in [0.05, 0.1) is 18.6 Å². The zero-order valence-electron chi connectivity index (χ0n) is 9.37. The van der Waals surface area contributed by atoms with Crippen molar-refractivity contribution in [3.63, 3.8) is 0 Å². The van der Waals surface area contributed by atoms with Crippen LogP contribution in [0.25, 0.3) is 0 Å². The molecule has 0 radical (unpaired) electrons. The summed E-state index contributed by atoms with van der Waals surface area (Å²) in [5, 5.41) is 7.19. The molecule has 2 unspecified atom stereocenters. The van der Waals surface area contributed by atoms with E-state index in [4.69, 9.17) is 0 Å². The van der Waals surface area contributed by atoms with Crippen LogP contribution in [0.1, 0.15) is 24.3 Å². The average molecular weight is 260 g/mol. The van der Waals surface area contributed by atoms with Gasteiger partial charge in [-0.25, -0.2) is 8.78 Å². The van der Waals surface area contributed by atoms with Crippen LogP contribution in [0.3, 0.4) is 0 Å². The van der Waals surface area contributed by atoms with Gasteiger partial charge in [0.25, 0.3) is 5.92 Å². The molecule has 0 spiro atoms. The van der Waals surface area contributed by atoms with Crippen molar-refractivity contribution in [2.24, 2.45) is 0 Å². The maximum Gasteiger partial charge on any atom is 0.262 e. The van der Waals surface area contributed by atoms with Gasteiger partial charge in [0.1, 0.15) is 0 Å². The van der Waals surface area contributed by atoms with Crippen LogP contribution in [-0.4, -0.2) is 24.4 Å². The second kappa shape index (κ2) is 4.70. The highest BCUT2D eigenvalue weighted by molar-refractivity contribution is 7.10. The Morgan fingerprint density at radius 2 is 2.47 bits per heavy atom. The first-order chi connectivity index (χ1) is 7.98. The smallest absolute Gasteiger partial charge is 0.262 e. The monoisotopic (exact) mass is 260 g/mol. The third-order valence-corrected chi connectivity index (χ3v) is 3.81. The molecule has 1 amide bonds. The molecule has 1 aliphatic rings. The summed E-state index contributed by atoms with van der Waals surface area (Å²) in [5.74, 6) is -3.13. The topological polar surface area (TPSA) is 41.1 Å². The number of halogens is 2. The van der Waals surface area contributed by atoms with Gasteiger partial charge < -0.3 is 5.32 Å². The van der Waals surface area contributed by atoms with Crippen molar-refractivity contribution in [2.45, 2.75) is 31.4 Å². The van der Waals surface area contributed by atoms with Gasteiger partial charge in [-0.05, 0) is 18.4 Å². The van der Waals surface area contributed by atoms with E-state index >= 15 is 0 Å². The minimum Gasteiger partial charge on any atom is -0.347 e. The van der Waals surface area contributed by atoms with Gasteiger partial charge in [-0.3, -0.25) is 10.1 Å². The van der Waals surface area contributed by atoms with E-state index in [0.29, 0.717) is 0 Å². The Balaban J connectivity index is 1.90. The van der Waals surface area contributed by atoms with Crippen LogP contribution in [0.2, 0.25) is 0 Å². The first-order valence-electron chi connectivity index (χ1n) is 5.43. The van der Waals surface area contributed by atoms with E-state index < -0.39 is 24.9 Å². The molecule has 1 aromatic rings. The standard InChI is InChI=1S/C11H14F2N2OS/c1-7(9-3-2-4-17-9)15-10(16)8-5-11(12,13)6-14-8/h2-4,7-8,14H,5-6H2,1H3,(H,15,16). The summed E-state index contributed by atoms with van der Waals surface area (Å²) < 4.78 is 25.9. The first-order valence-corrected chi connectivity index (χ1v) is 6.31. The Bertz CT molecular complexity index is 394. The number of hydrogen-bond acceptors (Lipinski definition) is 3. The lowest BCUT2D eigenvalue weighted by Crippen LogP contribution is -2.41. The number of carbonyl (C=O) groups is 1. The van der Waals surface area contributed by atoms with Crippen molar-refractivity contribution in [1.29, 1.82) is 0 Å². The number of thiophene rings is 1. The summed E-state index contributed by atoms with van der Waals surface area (Å²) in [4.78, 5) is 12.8. The summed E-state index contributed by atoms with van der Waals surface area (Å²) in [6, 6.07) is 2.88. The number of rotatable bonds is 3. The van der Waals surface area contributed by atoms with Crippen molar-refractivity contribution in [3.8, 4) is 0 Å². The third kappa shape index (κ3) is 3.01. The molecule has 0 aromatic carbocycles. The second-order valence-corrected chi connectivity index (χ2v) is 5.22. The molecule has 0 saturated carbocycles. The largest absolute Gasteiger partial charge is 0.347 e. The van der Waals surface area contributed by atoms with E-state index in [0.717, 1.165) is 4.88 Å². The lowest BCUT2D eigenvalue weighted by Gasteiger charge is -2.16. The van der Waals surface area contributed by atoms with Crippen LogP contribution in [-0.2, 0) is 4.79 Å². The SMILES string of the molecule is CC(NC(=O)C1CC(F)(F)CN1)c1cccs1. The summed E-state index contributed by atoms with van der Waals surface area (Å²) in [7, 11) is 0. The van der Waals surface area contributed by atoms with Gasteiger partial charge in [-0.15, -0.1) is 11.3 Å². The fourth-order valence-electron chi connectivity index (χ4n) is 1.82. The van der Waals surface area contributed by atoms with Gasteiger partial charge in [0.2, 0.25) is 5.91 Å². The van der Waals surface area contributed by atoms with Crippen molar-refractivity contribution in [1.82, 2.24) is 10.6 Å². The fourth-order valence-corrected chi connectivity index (χ4v) is 2.56. The Morgan fingerprint density at radius 1 is 1.71 bits per heavy atom. The quantitative estimate of drug-likeness (QED) is 0.872. The molecule has 2 rings (SSSR count). The van der Waals surface area contributed by atoms with Crippen LogP contribution >= 0.6 is 11.3 Å².